The molecule has 0 radical (unpaired) electrons. The van der Waals surface area contributed by atoms with Crippen molar-refractivity contribution in [3.05, 3.63) is 47.7 Å². The summed E-state index contributed by atoms with van der Waals surface area (Å²) in [4.78, 5) is 27.2. The van der Waals surface area contributed by atoms with Gasteiger partial charge in [-0.1, -0.05) is 0 Å². The minimum absolute atomic E-state index is 0.0389. The standard InChI is InChI=1S/C25H29FN6O4/c1-34-23-3-2-20-24(31-23)17(19(26)11-30-20)4-5-32-13-15(18(14-32)25(27)33)9-28-10-16-8-21-22(12-29-16)36-7-6-35-21/h2-3,8,11-12,15,18,28H,4-7,9-10,13-14H2,1H3,(H2,27,33)/t15-,18+/m1/s1. The SMILES string of the molecule is COc1ccc2ncc(F)c(CCN3C[C@@H](CNCc4cc5c(cn4)OCCO5)[C@@H](C(N)=O)C3)c2n1. The number of halogens is 1. The molecule has 0 aliphatic carbocycles. The summed E-state index contributed by atoms with van der Waals surface area (Å²) in [6.07, 6.45) is 3.32. The predicted octanol–water partition coefficient (Wildman–Crippen LogP) is 1.31. The second kappa shape index (κ2) is 10.6. The van der Waals surface area contributed by atoms with E-state index in [0.29, 0.717) is 86.3 Å². The van der Waals surface area contributed by atoms with Gasteiger partial charge in [0.2, 0.25) is 11.8 Å². The summed E-state index contributed by atoms with van der Waals surface area (Å²) in [5, 5.41) is 3.39. The highest BCUT2D eigenvalue weighted by atomic mass is 19.1. The van der Waals surface area contributed by atoms with E-state index in [1.165, 1.54) is 13.3 Å². The smallest absolute Gasteiger partial charge is 0.222 e. The Labute approximate surface area is 208 Å². The molecule has 3 aromatic heterocycles. The lowest BCUT2D eigenvalue weighted by Crippen LogP contribution is -2.35. The quantitative estimate of drug-likeness (QED) is 0.451. The van der Waals surface area contributed by atoms with Crippen molar-refractivity contribution in [2.45, 2.75) is 13.0 Å². The molecule has 0 bridgehead atoms. The maximum absolute atomic E-state index is 14.7. The van der Waals surface area contributed by atoms with Crippen LogP contribution in [0.4, 0.5) is 4.39 Å². The highest BCUT2D eigenvalue weighted by Gasteiger charge is 2.36. The summed E-state index contributed by atoms with van der Waals surface area (Å²) in [5.41, 5.74) is 8.13. The first-order chi connectivity index (χ1) is 17.5. The number of hydrogen-bond donors (Lipinski definition) is 2. The molecule has 5 heterocycles. The number of carbonyl (C=O) groups is 1. The first-order valence-corrected chi connectivity index (χ1v) is 12.0. The molecule has 3 aromatic rings. The molecular weight excluding hydrogens is 467 g/mol. The number of methoxy groups -OCH3 is 1. The van der Waals surface area contributed by atoms with Crippen molar-refractivity contribution in [2.75, 3.05) is 46.5 Å². The molecule has 3 N–H and O–H groups in total. The number of amides is 1. The molecule has 2 atom stereocenters. The maximum Gasteiger partial charge on any atom is 0.222 e. The van der Waals surface area contributed by atoms with E-state index in [1.54, 1.807) is 18.3 Å². The molecule has 10 nitrogen and oxygen atoms in total. The average molecular weight is 497 g/mol. The topological polar surface area (TPSA) is 125 Å². The van der Waals surface area contributed by atoms with Crippen LogP contribution in [0.1, 0.15) is 11.3 Å². The fraction of sp³-hybridized carbons (Fsp3) is 0.440. The predicted molar refractivity (Wildman–Crippen MR) is 129 cm³/mol. The van der Waals surface area contributed by atoms with Gasteiger partial charge >= 0.3 is 0 Å². The first-order valence-electron chi connectivity index (χ1n) is 12.0. The number of pyridine rings is 3. The summed E-state index contributed by atoms with van der Waals surface area (Å²) in [6, 6.07) is 5.33. The van der Waals surface area contributed by atoms with Crippen molar-refractivity contribution in [3.63, 3.8) is 0 Å². The highest BCUT2D eigenvalue weighted by molar-refractivity contribution is 5.78. The molecule has 2 aliphatic heterocycles. The first kappa shape index (κ1) is 24.1. The molecule has 0 aromatic carbocycles. The number of likely N-dealkylation sites (tertiary alicyclic amines) is 1. The molecule has 0 unspecified atom stereocenters. The van der Waals surface area contributed by atoms with E-state index in [-0.39, 0.29) is 17.7 Å². The van der Waals surface area contributed by atoms with Crippen LogP contribution in [0.3, 0.4) is 0 Å². The van der Waals surface area contributed by atoms with Crippen molar-refractivity contribution < 1.29 is 23.4 Å². The molecule has 0 saturated carbocycles. The number of hydrogen-bond acceptors (Lipinski definition) is 9. The number of nitrogens with two attached hydrogens (primary N) is 1. The molecule has 11 heteroatoms. The van der Waals surface area contributed by atoms with Gasteiger partial charge in [0.05, 0.1) is 42.1 Å². The number of rotatable bonds is 9. The van der Waals surface area contributed by atoms with Crippen LogP contribution in [-0.2, 0) is 17.8 Å². The van der Waals surface area contributed by atoms with Gasteiger partial charge < -0.3 is 30.2 Å². The Balaban J connectivity index is 1.20. The number of carbonyl (C=O) groups excluding carboxylic acids is 1. The number of fused-ring (bicyclic) bond motifs is 2. The van der Waals surface area contributed by atoms with Crippen LogP contribution in [0.15, 0.2) is 30.6 Å². The summed E-state index contributed by atoms with van der Waals surface area (Å²) in [7, 11) is 1.52. The molecule has 190 valence electrons. The van der Waals surface area contributed by atoms with E-state index in [1.807, 2.05) is 6.07 Å². The maximum atomic E-state index is 14.7. The van der Waals surface area contributed by atoms with Crippen LogP contribution in [0.2, 0.25) is 0 Å². The van der Waals surface area contributed by atoms with Crippen molar-refractivity contribution in [2.24, 2.45) is 17.6 Å². The largest absolute Gasteiger partial charge is 0.486 e. The lowest BCUT2D eigenvalue weighted by atomic mass is 9.95. The Hall–Kier alpha value is -3.57. The number of aromatic nitrogens is 3. The zero-order valence-electron chi connectivity index (χ0n) is 20.1. The lowest BCUT2D eigenvalue weighted by Gasteiger charge is -2.19. The Morgan fingerprint density at radius 3 is 2.86 bits per heavy atom. The molecule has 36 heavy (non-hydrogen) atoms. The van der Waals surface area contributed by atoms with Crippen molar-refractivity contribution in [1.29, 1.82) is 0 Å². The monoisotopic (exact) mass is 496 g/mol. The van der Waals surface area contributed by atoms with Crippen LogP contribution in [-0.4, -0.2) is 72.3 Å². The fourth-order valence-corrected chi connectivity index (χ4v) is 4.84. The van der Waals surface area contributed by atoms with Crippen LogP contribution < -0.4 is 25.3 Å². The van der Waals surface area contributed by atoms with Gasteiger partial charge in [-0.2, -0.15) is 0 Å². The van der Waals surface area contributed by atoms with E-state index in [9.17, 15) is 9.18 Å². The van der Waals surface area contributed by atoms with Gasteiger partial charge in [0.1, 0.15) is 19.0 Å². The Bertz CT molecular complexity index is 1260. The number of nitrogens with one attached hydrogen (secondary N) is 1. The summed E-state index contributed by atoms with van der Waals surface area (Å²) >= 11 is 0. The van der Waals surface area contributed by atoms with Crippen molar-refractivity contribution >= 4 is 16.9 Å². The Kier molecular flexibility index (Phi) is 7.10. The van der Waals surface area contributed by atoms with Gasteiger partial charge in [-0.15, -0.1) is 0 Å². The zero-order valence-corrected chi connectivity index (χ0v) is 20.1. The van der Waals surface area contributed by atoms with Gasteiger partial charge in [-0.3, -0.25) is 14.8 Å². The minimum atomic E-state index is -0.404. The summed E-state index contributed by atoms with van der Waals surface area (Å²) < 4.78 is 31.0. The molecule has 2 aliphatic rings. The average Bonchev–Trinajstić information content (AvgIpc) is 3.31. The van der Waals surface area contributed by atoms with Gasteiger partial charge in [-0.25, -0.2) is 9.37 Å². The van der Waals surface area contributed by atoms with Crippen LogP contribution >= 0.6 is 0 Å². The van der Waals surface area contributed by atoms with Crippen LogP contribution in [0, 0.1) is 17.7 Å². The van der Waals surface area contributed by atoms with Crippen molar-refractivity contribution in [3.8, 4) is 17.4 Å². The van der Waals surface area contributed by atoms with Crippen LogP contribution in [0.25, 0.3) is 11.0 Å². The third-order valence-electron chi connectivity index (χ3n) is 6.71. The third-order valence-corrected chi connectivity index (χ3v) is 6.71. The second-order valence-electron chi connectivity index (χ2n) is 9.03. The highest BCUT2D eigenvalue weighted by Crippen LogP contribution is 2.29. The van der Waals surface area contributed by atoms with Crippen LogP contribution in [0.5, 0.6) is 17.4 Å². The van der Waals surface area contributed by atoms with E-state index in [4.69, 9.17) is 19.9 Å². The van der Waals surface area contributed by atoms with Gasteiger partial charge in [0.15, 0.2) is 11.5 Å². The molecular formula is C25H29FN6O4. The summed E-state index contributed by atoms with van der Waals surface area (Å²) in [5.74, 6) is 0.771. The molecule has 0 spiro atoms. The Morgan fingerprint density at radius 1 is 1.22 bits per heavy atom. The van der Waals surface area contributed by atoms with E-state index in [2.05, 4.69) is 25.2 Å². The molecule has 1 saturated heterocycles. The van der Waals surface area contributed by atoms with Gasteiger partial charge in [-0.05, 0) is 18.4 Å². The van der Waals surface area contributed by atoms with E-state index < -0.39 is 5.82 Å². The normalized spacial score (nSPS) is 19.5. The number of primary amides is 1. The zero-order chi connectivity index (χ0) is 25.1. The minimum Gasteiger partial charge on any atom is -0.486 e. The number of ether oxygens (including phenoxy) is 3. The van der Waals surface area contributed by atoms with Crippen molar-refractivity contribution in [1.82, 2.24) is 25.2 Å². The summed E-state index contributed by atoms with van der Waals surface area (Å²) in [6.45, 7) is 3.95. The molecule has 1 amide bonds. The molecule has 5 rings (SSSR count). The number of nitrogens with zero attached hydrogens (tertiary/aromatic N) is 4. The van der Waals surface area contributed by atoms with E-state index in [0.717, 1.165) is 5.69 Å². The molecule has 1 fully saturated rings. The third kappa shape index (κ3) is 5.17. The van der Waals surface area contributed by atoms with Gasteiger partial charge in [0, 0.05) is 50.4 Å². The Morgan fingerprint density at radius 2 is 2.06 bits per heavy atom. The van der Waals surface area contributed by atoms with E-state index >= 15 is 0 Å². The second-order valence-corrected chi connectivity index (χ2v) is 9.03. The lowest BCUT2D eigenvalue weighted by molar-refractivity contribution is -0.122. The van der Waals surface area contributed by atoms with Gasteiger partial charge in [0.25, 0.3) is 0 Å². The fourth-order valence-electron chi connectivity index (χ4n) is 4.84.